The van der Waals surface area contributed by atoms with Crippen molar-refractivity contribution in [3.8, 4) is 5.88 Å². The fourth-order valence-corrected chi connectivity index (χ4v) is 3.25. The molecule has 0 aliphatic carbocycles. The summed E-state index contributed by atoms with van der Waals surface area (Å²) in [5, 5.41) is 0.626. The molecule has 138 valence electrons. The number of carbonyl (C=O) groups excluding carboxylic acids is 1. The Kier molecular flexibility index (Phi) is 5.93. The van der Waals surface area contributed by atoms with Crippen molar-refractivity contribution in [3.05, 3.63) is 47.2 Å². The van der Waals surface area contributed by atoms with Crippen LogP contribution in [-0.2, 0) is 11.2 Å². The molecule has 1 unspecified atom stereocenters. The summed E-state index contributed by atoms with van der Waals surface area (Å²) in [6.45, 7) is 1.29. The average molecular weight is 375 g/mol. The Bertz CT molecular complexity index is 769. The number of carbonyl (C=O) groups is 1. The van der Waals surface area contributed by atoms with Crippen molar-refractivity contribution in [2.75, 3.05) is 32.1 Å². The molecule has 1 fully saturated rings. The highest BCUT2D eigenvalue weighted by atomic mass is 35.5. The summed E-state index contributed by atoms with van der Waals surface area (Å²) in [5.74, 6) is 1.26. The number of piperidine rings is 1. The van der Waals surface area contributed by atoms with Gasteiger partial charge in [-0.05, 0) is 24.5 Å². The van der Waals surface area contributed by atoms with Gasteiger partial charge < -0.3 is 14.5 Å². The number of nitrogens with zero attached hydrogens (tertiary/aromatic N) is 4. The highest BCUT2D eigenvalue weighted by Gasteiger charge is 2.26. The van der Waals surface area contributed by atoms with Gasteiger partial charge in [-0.25, -0.2) is 9.97 Å². The number of hydrogen-bond donors (Lipinski definition) is 0. The van der Waals surface area contributed by atoms with E-state index in [1.807, 2.05) is 48.2 Å². The van der Waals surface area contributed by atoms with E-state index in [0.717, 1.165) is 24.9 Å². The van der Waals surface area contributed by atoms with Gasteiger partial charge in [0.25, 0.3) is 5.88 Å². The Labute approximate surface area is 158 Å². The molecule has 26 heavy (non-hydrogen) atoms. The van der Waals surface area contributed by atoms with Gasteiger partial charge in [-0.2, -0.15) is 0 Å². The number of likely N-dealkylation sites (tertiary alicyclic amines) is 1. The SMILES string of the molecule is CN(C)c1nccnc1OC1CCCN(C(=O)Cc2ccccc2Cl)C1. The standard InChI is InChI=1S/C19H23ClN4O2/c1-23(2)18-19(22-10-9-21-18)26-15-7-5-11-24(13-15)17(25)12-14-6-3-4-8-16(14)20/h3-4,6,8-10,15H,5,7,11-13H2,1-2H3. The lowest BCUT2D eigenvalue weighted by Gasteiger charge is -2.33. The molecular weight excluding hydrogens is 352 g/mol. The Morgan fingerprint density at radius 1 is 1.31 bits per heavy atom. The van der Waals surface area contributed by atoms with Gasteiger partial charge in [0.1, 0.15) is 6.10 Å². The predicted molar refractivity (Wildman–Crippen MR) is 102 cm³/mol. The molecule has 1 amide bonds. The molecule has 6 nitrogen and oxygen atoms in total. The van der Waals surface area contributed by atoms with Crippen molar-refractivity contribution in [2.45, 2.75) is 25.4 Å². The number of anilines is 1. The molecule has 1 saturated heterocycles. The zero-order valence-electron chi connectivity index (χ0n) is 15.1. The third kappa shape index (κ3) is 4.43. The second-order valence-electron chi connectivity index (χ2n) is 6.57. The van der Waals surface area contributed by atoms with Crippen molar-refractivity contribution in [2.24, 2.45) is 0 Å². The highest BCUT2D eigenvalue weighted by molar-refractivity contribution is 6.31. The molecule has 2 heterocycles. The molecular formula is C19H23ClN4O2. The van der Waals surface area contributed by atoms with Crippen LogP contribution in [0.1, 0.15) is 18.4 Å². The van der Waals surface area contributed by atoms with E-state index in [2.05, 4.69) is 9.97 Å². The maximum absolute atomic E-state index is 12.7. The number of amides is 1. The normalized spacial score (nSPS) is 17.0. The fraction of sp³-hybridized carbons (Fsp3) is 0.421. The van der Waals surface area contributed by atoms with Gasteiger partial charge in [-0.15, -0.1) is 0 Å². The monoisotopic (exact) mass is 374 g/mol. The number of rotatable bonds is 5. The molecule has 0 radical (unpaired) electrons. The van der Waals surface area contributed by atoms with E-state index in [1.54, 1.807) is 12.4 Å². The molecule has 0 saturated carbocycles. The van der Waals surface area contributed by atoms with Gasteiger partial charge >= 0.3 is 0 Å². The van der Waals surface area contributed by atoms with E-state index >= 15 is 0 Å². The first-order valence-corrected chi connectivity index (χ1v) is 9.08. The number of hydrogen-bond acceptors (Lipinski definition) is 5. The zero-order chi connectivity index (χ0) is 18.5. The van der Waals surface area contributed by atoms with Crippen LogP contribution in [0.4, 0.5) is 5.82 Å². The largest absolute Gasteiger partial charge is 0.470 e. The van der Waals surface area contributed by atoms with Crippen LogP contribution in [0.25, 0.3) is 0 Å². The van der Waals surface area contributed by atoms with E-state index in [4.69, 9.17) is 16.3 Å². The lowest BCUT2D eigenvalue weighted by atomic mass is 10.1. The molecule has 0 spiro atoms. The minimum absolute atomic E-state index is 0.0679. The molecule has 0 N–H and O–H groups in total. The van der Waals surface area contributed by atoms with E-state index in [0.29, 0.717) is 29.7 Å². The van der Waals surface area contributed by atoms with Crippen LogP contribution in [0.5, 0.6) is 5.88 Å². The second kappa shape index (κ2) is 8.36. The number of aromatic nitrogens is 2. The summed E-state index contributed by atoms with van der Waals surface area (Å²) >= 11 is 6.17. The molecule has 3 rings (SSSR count). The van der Waals surface area contributed by atoms with Crippen LogP contribution < -0.4 is 9.64 Å². The van der Waals surface area contributed by atoms with Crippen molar-refractivity contribution >= 4 is 23.3 Å². The maximum Gasteiger partial charge on any atom is 0.257 e. The Hall–Kier alpha value is -2.34. The van der Waals surface area contributed by atoms with Crippen LogP contribution >= 0.6 is 11.6 Å². The summed E-state index contributed by atoms with van der Waals surface area (Å²) in [6, 6.07) is 7.46. The molecule has 1 atom stereocenters. The van der Waals surface area contributed by atoms with Gasteiger partial charge in [0.15, 0.2) is 5.82 Å². The van der Waals surface area contributed by atoms with Gasteiger partial charge in [0.05, 0.1) is 13.0 Å². The summed E-state index contributed by atoms with van der Waals surface area (Å²) < 4.78 is 6.07. The van der Waals surface area contributed by atoms with Gasteiger partial charge in [0.2, 0.25) is 5.91 Å². The molecule has 1 aromatic carbocycles. The van der Waals surface area contributed by atoms with Crippen molar-refractivity contribution in [1.82, 2.24) is 14.9 Å². The van der Waals surface area contributed by atoms with E-state index < -0.39 is 0 Å². The molecule has 7 heteroatoms. The summed E-state index contributed by atoms with van der Waals surface area (Å²) in [6.07, 6.45) is 5.26. The smallest absolute Gasteiger partial charge is 0.257 e. The van der Waals surface area contributed by atoms with E-state index in [-0.39, 0.29) is 12.0 Å². The predicted octanol–water partition coefficient (Wildman–Crippen LogP) is 2.81. The van der Waals surface area contributed by atoms with Crippen molar-refractivity contribution in [3.63, 3.8) is 0 Å². The van der Waals surface area contributed by atoms with Crippen LogP contribution in [0.2, 0.25) is 5.02 Å². The zero-order valence-corrected chi connectivity index (χ0v) is 15.8. The van der Waals surface area contributed by atoms with Gasteiger partial charge in [-0.1, -0.05) is 29.8 Å². The first kappa shape index (κ1) is 18.5. The van der Waals surface area contributed by atoms with Crippen molar-refractivity contribution < 1.29 is 9.53 Å². The molecule has 0 bridgehead atoms. The summed E-state index contributed by atoms with van der Waals surface area (Å²) in [4.78, 5) is 25.0. The van der Waals surface area contributed by atoms with Crippen molar-refractivity contribution in [1.29, 1.82) is 0 Å². The molecule has 2 aromatic rings. The molecule has 1 aromatic heterocycles. The van der Waals surface area contributed by atoms with Crippen LogP contribution in [0.3, 0.4) is 0 Å². The number of halogens is 1. The molecule has 1 aliphatic rings. The Balaban J connectivity index is 1.64. The van der Waals surface area contributed by atoms with Crippen LogP contribution in [0.15, 0.2) is 36.7 Å². The van der Waals surface area contributed by atoms with E-state index in [1.165, 1.54) is 0 Å². The van der Waals surface area contributed by atoms with Gasteiger partial charge in [-0.3, -0.25) is 4.79 Å². The highest BCUT2D eigenvalue weighted by Crippen LogP contribution is 2.24. The van der Waals surface area contributed by atoms with E-state index in [9.17, 15) is 4.79 Å². The van der Waals surface area contributed by atoms with Crippen LogP contribution in [-0.4, -0.2) is 54.1 Å². The minimum Gasteiger partial charge on any atom is -0.470 e. The third-order valence-corrected chi connectivity index (χ3v) is 4.75. The lowest BCUT2D eigenvalue weighted by Crippen LogP contribution is -2.45. The maximum atomic E-state index is 12.7. The first-order chi connectivity index (χ1) is 12.5. The third-order valence-electron chi connectivity index (χ3n) is 4.38. The summed E-state index contributed by atoms with van der Waals surface area (Å²) in [5.41, 5.74) is 0.853. The Morgan fingerprint density at radius 2 is 2.08 bits per heavy atom. The fourth-order valence-electron chi connectivity index (χ4n) is 3.04. The minimum atomic E-state index is -0.0886. The molecule has 1 aliphatic heterocycles. The first-order valence-electron chi connectivity index (χ1n) is 8.70. The summed E-state index contributed by atoms with van der Waals surface area (Å²) in [7, 11) is 3.80. The second-order valence-corrected chi connectivity index (χ2v) is 6.98. The lowest BCUT2D eigenvalue weighted by molar-refractivity contribution is -0.133. The van der Waals surface area contributed by atoms with Crippen LogP contribution in [0, 0.1) is 0 Å². The quantitative estimate of drug-likeness (QED) is 0.805. The average Bonchev–Trinajstić information content (AvgIpc) is 2.64. The number of ether oxygens (including phenoxy) is 1. The Morgan fingerprint density at radius 3 is 2.85 bits per heavy atom. The van der Waals surface area contributed by atoms with Gasteiger partial charge in [0, 0.05) is 38.1 Å². The number of benzene rings is 1. The topological polar surface area (TPSA) is 58.6 Å².